The molecule has 0 spiro atoms. The summed E-state index contributed by atoms with van der Waals surface area (Å²) < 4.78 is 54.0. The lowest BCUT2D eigenvalue weighted by Crippen LogP contribution is -2.40. The number of sulfonamides is 1. The molecule has 10 nitrogen and oxygen atoms in total. The van der Waals surface area contributed by atoms with Crippen molar-refractivity contribution in [1.29, 1.82) is 0 Å². The molecular weight excluding hydrogens is 440 g/mol. The summed E-state index contributed by atoms with van der Waals surface area (Å²) in [7, 11) is 1.92. The van der Waals surface area contributed by atoms with Gasteiger partial charge in [-0.25, -0.2) is 8.42 Å². The molecule has 174 valence electrons. The summed E-state index contributed by atoms with van der Waals surface area (Å²) in [5, 5.41) is 2.71. The van der Waals surface area contributed by atoms with Gasteiger partial charge in [-0.2, -0.15) is 4.31 Å². The predicted octanol–water partition coefficient (Wildman–Crippen LogP) is 1.99. The number of morpholine rings is 1. The Kier molecular flexibility index (Phi) is 7.44. The molecule has 3 rings (SSSR count). The van der Waals surface area contributed by atoms with Crippen LogP contribution in [0.15, 0.2) is 35.2 Å². The fourth-order valence-electron chi connectivity index (χ4n) is 3.30. The van der Waals surface area contributed by atoms with E-state index in [-0.39, 0.29) is 35.0 Å². The van der Waals surface area contributed by atoms with E-state index < -0.39 is 15.9 Å². The molecule has 0 aliphatic carbocycles. The van der Waals surface area contributed by atoms with E-state index in [0.29, 0.717) is 30.5 Å². The van der Waals surface area contributed by atoms with Gasteiger partial charge in [0.25, 0.3) is 5.91 Å². The van der Waals surface area contributed by atoms with Crippen molar-refractivity contribution in [1.82, 2.24) is 4.31 Å². The van der Waals surface area contributed by atoms with Crippen LogP contribution in [0.5, 0.6) is 23.0 Å². The average molecular weight is 467 g/mol. The van der Waals surface area contributed by atoms with E-state index in [0.717, 1.165) is 0 Å². The van der Waals surface area contributed by atoms with Gasteiger partial charge >= 0.3 is 0 Å². The maximum Gasteiger partial charge on any atom is 0.255 e. The maximum atomic E-state index is 13.1. The van der Waals surface area contributed by atoms with E-state index in [1.165, 1.54) is 57.0 Å². The number of nitrogens with one attached hydrogen (secondary N) is 1. The third kappa shape index (κ3) is 4.74. The van der Waals surface area contributed by atoms with Crippen LogP contribution < -0.4 is 24.3 Å². The van der Waals surface area contributed by atoms with Crippen LogP contribution >= 0.6 is 0 Å². The van der Waals surface area contributed by atoms with Gasteiger partial charge in [0.05, 0.1) is 41.7 Å². The Morgan fingerprint density at radius 1 is 0.906 bits per heavy atom. The monoisotopic (exact) mass is 466 g/mol. The number of nitrogens with zero attached hydrogens (tertiary/aromatic N) is 1. The number of amides is 1. The van der Waals surface area contributed by atoms with Crippen LogP contribution in [0.1, 0.15) is 10.4 Å². The molecule has 1 fully saturated rings. The Morgan fingerprint density at radius 3 is 2.03 bits per heavy atom. The van der Waals surface area contributed by atoms with Gasteiger partial charge in [0.1, 0.15) is 10.6 Å². The minimum Gasteiger partial charge on any atom is -0.495 e. The van der Waals surface area contributed by atoms with E-state index in [9.17, 15) is 13.2 Å². The number of methoxy groups -OCH3 is 4. The molecule has 0 unspecified atom stereocenters. The summed E-state index contributed by atoms with van der Waals surface area (Å²) in [5.74, 6) is 0.700. The SMILES string of the molecule is COc1ccc(NC(=O)c2cc(OC)c(OC)c(OC)c2)cc1S(=O)(=O)N1CCOCC1. The highest BCUT2D eigenvalue weighted by Gasteiger charge is 2.29. The standard InChI is InChI=1S/C21H26N2O8S/c1-27-16-6-5-15(13-19(16)32(25,26)23-7-9-31-10-8-23)22-21(24)14-11-17(28-2)20(30-4)18(12-14)29-3/h5-6,11-13H,7-10H2,1-4H3,(H,22,24). The van der Waals surface area contributed by atoms with E-state index in [4.69, 9.17) is 23.7 Å². The lowest BCUT2D eigenvalue weighted by molar-refractivity contribution is 0.0729. The summed E-state index contributed by atoms with van der Waals surface area (Å²) in [6.45, 7) is 1.12. The number of carbonyl (C=O) groups excluding carboxylic acids is 1. The Bertz CT molecular complexity index is 1060. The van der Waals surface area contributed by atoms with Gasteiger partial charge in [-0.3, -0.25) is 4.79 Å². The molecule has 32 heavy (non-hydrogen) atoms. The molecule has 0 saturated carbocycles. The van der Waals surface area contributed by atoms with Crippen LogP contribution in [0.25, 0.3) is 0 Å². The molecule has 2 aromatic rings. The first-order valence-electron chi connectivity index (χ1n) is 9.73. The minimum atomic E-state index is -3.84. The minimum absolute atomic E-state index is 0.0374. The topological polar surface area (TPSA) is 113 Å². The van der Waals surface area contributed by atoms with Crippen LogP contribution in [-0.4, -0.2) is 73.4 Å². The van der Waals surface area contributed by atoms with Gasteiger partial charge in [0, 0.05) is 24.3 Å². The van der Waals surface area contributed by atoms with Gasteiger partial charge in [-0.1, -0.05) is 0 Å². The van der Waals surface area contributed by atoms with E-state index in [2.05, 4.69) is 5.32 Å². The predicted molar refractivity (Wildman–Crippen MR) is 117 cm³/mol. The first-order chi connectivity index (χ1) is 15.3. The largest absolute Gasteiger partial charge is 0.495 e. The highest BCUT2D eigenvalue weighted by atomic mass is 32.2. The third-order valence-electron chi connectivity index (χ3n) is 4.94. The zero-order chi connectivity index (χ0) is 23.3. The van der Waals surface area contributed by atoms with E-state index >= 15 is 0 Å². The molecule has 0 aromatic heterocycles. The van der Waals surface area contributed by atoms with Crippen LogP contribution in [0, 0.1) is 0 Å². The van der Waals surface area contributed by atoms with Gasteiger partial charge < -0.3 is 29.0 Å². The molecular formula is C21H26N2O8S. The number of rotatable bonds is 8. The summed E-state index contributed by atoms with van der Waals surface area (Å²) in [5.41, 5.74) is 0.532. The normalized spacial score (nSPS) is 14.5. The first kappa shape index (κ1) is 23.6. The van der Waals surface area contributed by atoms with E-state index in [1.54, 1.807) is 6.07 Å². The Hall–Kier alpha value is -3.02. The zero-order valence-corrected chi connectivity index (χ0v) is 19.2. The van der Waals surface area contributed by atoms with Crippen molar-refractivity contribution in [3.8, 4) is 23.0 Å². The second-order valence-electron chi connectivity index (χ2n) is 6.75. The maximum absolute atomic E-state index is 13.1. The Labute approximate surface area is 187 Å². The number of ether oxygens (including phenoxy) is 5. The van der Waals surface area contributed by atoms with Gasteiger partial charge in [0.15, 0.2) is 11.5 Å². The molecule has 1 N–H and O–H groups in total. The van der Waals surface area contributed by atoms with Crippen LogP contribution in [-0.2, 0) is 14.8 Å². The highest BCUT2D eigenvalue weighted by molar-refractivity contribution is 7.89. The highest BCUT2D eigenvalue weighted by Crippen LogP contribution is 2.38. The van der Waals surface area contributed by atoms with Crippen molar-refractivity contribution in [2.45, 2.75) is 4.90 Å². The molecule has 11 heteroatoms. The third-order valence-corrected chi connectivity index (χ3v) is 6.86. The van der Waals surface area contributed by atoms with Crippen molar-refractivity contribution in [2.75, 3.05) is 60.1 Å². The molecule has 1 aliphatic rings. The van der Waals surface area contributed by atoms with Gasteiger partial charge in [0.2, 0.25) is 15.8 Å². The number of benzene rings is 2. The lowest BCUT2D eigenvalue weighted by atomic mass is 10.1. The van der Waals surface area contributed by atoms with Crippen LogP contribution in [0.4, 0.5) is 5.69 Å². The van der Waals surface area contributed by atoms with Gasteiger partial charge in [-0.15, -0.1) is 0 Å². The Morgan fingerprint density at radius 2 is 1.50 bits per heavy atom. The quantitative estimate of drug-likeness (QED) is 0.629. The van der Waals surface area contributed by atoms with Crippen molar-refractivity contribution in [3.05, 3.63) is 35.9 Å². The van der Waals surface area contributed by atoms with Gasteiger partial charge in [-0.05, 0) is 30.3 Å². The number of carbonyl (C=O) groups is 1. The number of anilines is 1. The number of hydrogen-bond acceptors (Lipinski definition) is 8. The average Bonchev–Trinajstić information content (AvgIpc) is 2.83. The summed E-state index contributed by atoms with van der Waals surface area (Å²) >= 11 is 0. The molecule has 2 aromatic carbocycles. The molecule has 1 saturated heterocycles. The van der Waals surface area contributed by atoms with Crippen molar-refractivity contribution in [3.63, 3.8) is 0 Å². The molecule has 1 heterocycles. The van der Waals surface area contributed by atoms with Crippen molar-refractivity contribution in [2.24, 2.45) is 0 Å². The van der Waals surface area contributed by atoms with E-state index in [1.807, 2.05) is 0 Å². The Balaban J connectivity index is 1.93. The second kappa shape index (κ2) is 10.1. The molecule has 1 aliphatic heterocycles. The van der Waals surface area contributed by atoms with Crippen molar-refractivity contribution >= 4 is 21.6 Å². The lowest BCUT2D eigenvalue weighted by Gasteiger charge is -2.26. The second-order valence-corrected chi connectivity index (χ2v) is 8.66. The summed E-state index contributed by atoms with van der Waals surface area (Å²) in [6, 6.07) is 7.45. The van der Waals surface area contributed by atoms with Crippen LogP contribution in [0.2, 0.25) is 0 Å². The molecule has 1 amide bonds. The number of hydrogen-bond donors (Lipinski definition) is 1. The fourth-order valence-corrected chi connectivity index (χ4v) is 4.89. The van der Waals surface area contributed by atoms with Crippen LogP contribution in [0.3, 0.4) is 0 Å². The first-order valence-corrected chi connectivity index (χ1v) is 11.2. The molecule has 0 bridgehead atoms. The fraction of sp³-hybridized carbons (Fsp3) is 0.381. The zero-order valence-electron chi connectivity index (χ0n) is 18.3. The summed E-state index contributed by atoms with van der Waals surface area (Å²) in [6.07, 6.45) is 0. The molecule has 0 atom stereocenters. The summed E-state index contributed by atoms with van der Waals surface area (Å²) in [4.78, 5) is 12.9. The smallest absolute Gasteiger partial charge is 0.255 e. The molecule has 0 radical (unpaired) electrons. The van der Waals surface area contributed by atoms with Crippen molar-refractivity contribution < 1.29 is 36.9 Å².